The number of hydrogen-bond acceptors (Lipinski definition) is 6. The lowest BCUT2D eigenvalue weighted by Gasteiger charge is -2.11. The molecule has 1 unspecified atom stereocenters. The van der Waals surface area contributed by atoms with E-state index in [1.807, 2.05) is 0 Å². The van der Waals surface area contributed by atoms with Crippen molar-refractivity contribution < 1.29 is 29.3 Å². The molecule has 6 heteroatoms. The van der Waals surface area contributed by atoms with Crippen LogP contribution in [0.5, 0.6) is 5.75 Å². The zero-order valence-electron chi connectivity index (χ0n) is 9.12. The van der Waals surface area contributed by atoms with E-state index in [2.05, 4.69) is 4.74 Å². The maximum Gasteiger partial charge on any atom is 0.344 e. The minimum Gasteiger partial charge on any atom is -0.430 e. The zero-order valence-corrected chi connectivity index (χ0v) is 9.12. The molecule has 17 heavy (non-hydrogen) atoms. The standard InChI is InChI=1S/C11H12O6/c1-7(13)16-9-5-3-2-4-8(9)11(15)17-10(14)6-12/h2-5,10,12,14H,6H2,1H3. The number of ether oxygens (including phenoxy) is 2. The summed E-state index contributed by atoms with van der Waals surface area (Å²) in [6.07, 6.45) is -1.60. The Bertz CT molecular complexity index is 414. The van der Waals surface area contributed by atoms with Crippen molar-refractivity contribution >= 4 is 11.9 Å². The van der Waals surface area contributed by atoms with Gasteiger partial charge >= 0.3 is 11.9 Å². The molecule has 1 atom stereocenters. The van der Waals surface area contributed by atoms with Crippen LogP contribution in [-0.4, -0.2) is 35.0 Å². The van der Waals surface area contributed by atoms with Crippen LogP contribution in [0.3, 0.4) is 0 Å². The number of esters is 2. The quantitative estimate of drug-likeness (QED) is 0.440. The van der Waals surface area contributed by atoms with Gasteiger partial charge in [-0.2, -0.15) is 0 Å². The van der Waals surface area contributed by atoms with Gasteiger partial charge in [0.05, 0.1) is 0 Å². The number of aliphatic hydroxyl groups excluding tert-OH is 2. The van der Waals surface area contributed by atoms with Crippen LogP contribution in [0.15, 0.2) is 24.3 Å². The number of carbonyl (C=O) groups is 2. The van der Waals surface area contributed by atoms with Gasteiger partial charge in [-0.1, -0.05) is 12.1 Å². The van der Waals surface area contributed by atoms with Gasteiger partial charge in [-0.25, -0.2) is 4.79 Å². The SMILES string of the molecule is CC(=O)Oc1ccccc1C(=O)OC(O)CO. The van der Waals surface area contributed by atoms with Gasteiger partial charge < -0.3 is 19.7 Å². The summed E-state index contributed by atoms with van der Waals surface area (Å²) >= 11 is 0. The molecule has 0 aliphatic rings. The molecule has 0 aromatic heterocycles. The van der Waals surface area contributed by atoms with E-state index in [4.69, 9.17) is 14.9 Å². The highest BCUT2D eigenvalue weighted by molar-refractivity contribution is 5.93. The first kappa shape index (κ1) is 13.1. The van der Waals surface area contributed by atoms with E-state index in [1.54, 1.807) is 12.1 Å². The van der Waals surface area contributed by atoms with E-state index >= 15 is 0 Å². The second kappa shape index (κ2) is 5.97. The fourth-order valence-electron chi connectivity index (χ4n) is 1.10. The fourth-order valence-corrected chi connectivity index (χ4v) is 1.10. The molecule has 6 nitrogen and oxygen atoms in total. The molecule has 0 aliphatic heterocycles. The van der Waals surface area contributed by atoms with Crippen molar-refractivity contribution in [2.75, 3.05) is 6.61 Å². The Morgan fingerprint density at radius 3 is 2.59 bits per heavy atom. The number of rotatable bonds is 4. The smallest absolute Gasteiger partial charge is 0.344 e. The fraction of sp³-hybridized carbons (Fsp3) is 0.273. The Morgan fingerprint density at radius 2 is 2.00 bits per heavy atom. The first-order valence-electron chi connectivity index (χ1n) is 4.82. The summed E-state index contributed by atoms with van der Waals surface area (Å²) in [4.78, 5) is 22.3. The van der Waals surface area contributed by atoms with Crippen LogP contribution in [0.4, 0.5) is 0 Å². The summed E-state index contributed by atoms with van der Waals surface area (Å²) in [6, 6.07) is 5.93. The number of benzene rings is 1. The third kappa shape index (κ3) is 3.86. The molecule has 0 heterocycles. The van der Waals surface area contributed by atoms with E-state index in [-0.39, 0.29) is 11.3 Å². The summed E-state index contributed by atoms with van der Waals surface area (Å²) in [6.45, 7) is 0.492. The van der Waals surface area contributed by atoms with Crippen molar-refractivity contribution in [2.45, 2.75) is 13.2 Å². The van der Waals surface area contributed by atoms with Gasteiger partial charge in [0.15, 0.2) is 0 Å². The summed E-state index contributed by atoms with van der Waals surface area (Å²) in [5.74, 6) is -1.42. The third-order valence-electron chi connectivity index (χ3n) is 1.76. The van der Waals surface area contributed by atoms with Crippen molar-refractivity contribution in [3.8, 4) is 5.75 Å². The average Bonchev–Trinajstić information content (AvgIpc) is 2.28. The third-order valence-corrected chi connectivity index (χ3v) is 1.76. The first-order chi connectivity index (χ1) is 8.04. The highest BCUT2D eigenvalue weighted by Crippen LogP contribution is 2.19. The van der Waals surface area contributed by atoms with Gasteiger partial charge in [-0.15, -0.1) is 0 Å². The van der Waals surface area contributed by atoms with Gasteiger partial charge in [-0.05, 0) is 12.1 Å². The van der Waals surface area contributed by atoms with E-state index in [1.165, 1.54) is 19.1 Å². The maximum atomic E-state index is 11.5. The van der Waals surface area contributed by atoms with Crippen LogP contribution in [-0.2, 0) is 9.53 Å². The topological polar surface area (TPSA) is 93.1 Å². The molecular weight excluding hydrogens is 228 g/mol. The zero-order chi connectivity index (χ0) is 12.8. The Kier molecular flexibility index (Phi) is 4.62. The Morgan fingerprint density at radius 1 is 1.35 bits per heavy atom. The highest BCUT2D eigenvalue weighted by Gasteiger charge is 2.17. The van der Waals surface area contributed by atoms with Crippen LogP contribution in [0.1, 0.15) is 17.3 Å². The molecule has 0 bridgehead atoms. The molecule has 1 rings (SSSR count). The van der Waals surface area contributed by atoms with Crippen molar-refractivity contribution in [3.63, 3.8) is 0 Å². The Balaban J connectivity index is 2.88. The van der Waals surface area contributed by atoms with Crippen LogP contribution < -0.4 is 4.74 Å². The summed E-state index contributed by atoms with van der Waals surface area (Å²) < 4.78 is 9.28. The summed E-state index contributed by atoms with van der Waals surface area (Å²) in [7, 11) is 0. The van der Waals surface area contributed by atoms with Crippen molar-refractivity contribution in [3.05, 3.63) is 29.8 Å². The van der Waals surface area contributed by atoms with Crippen molar-refractivity contribution in [2.24, 2.45) is 0 Å². The second-order valence-corrected chi connectivity index (χ2v) is 3.13. The lowest BCUT2D eigenvalue weighted by atomic mass is 10.2. The van der Waals surface area contributed by atoms with E-state index in [0.717, 1.165) is 0 Å². The van der Waals surface area contributed by atoms with Crippen LogP contribution >= 0.6 is 0 Å². The highest BCUT2D eigenvalue weighted by atomic mass is 16.6. The first-order valence-corrected chi connectivity index (χ1v) is 4.82. The normalized spacial score (nSPS) is 11.7. The molecule has 0 saturated heterocycles. The van der Waals surface area contributed by atoms with Crippen molar-refractivity contribution in [1.29, 1.82) is 0 Å². The molecule has 0 spiro atoms. The largest absolute Gasteiger partial charge is 0.430 e. The second-order valence-electron chi connectivity index (χ2n) is 3.13. The molecule has 0 aliphatic carbocycles. The number of aliphatic hydroxyl groups is 2. The van der Waals surface area contributed by atoms with Crippen LogP contribution in [0.2, 0.25) is 0 Å². The molecule has 0 fully saturated rings. The van der Waals surface area contributed by atoms with E-state index in [0.29, 0.717) is 0 Å². The summed E-state index contributed by atoms with van der Waals surface area (Å²) in [5, 5.41) is 17.5. The van der Waals surface area contributed by atoms with E-state index < -0.39 is 24.8 Å². The Labute approximate surface area is 97.4 Å². The van der Waals surface area contributed by atoms with Gasteiger partial charge in [0, 0.05) is 6.92 Å². The molecule has 92 valence electrons. The lowest BCUT2D eigenvalue weighted by Crippen LogP contribution is -2.21. The van der Waals surface area contributed by atoms with Gasteiger partial charge in [0.25, 0.3) is 0 Å². The van der Waals surface area contributed by atoms with Crippen molar-refractivity contribution in [1.82, 2.24) is 0 Å². The molecule has 1 aromatic carbocycles. The predicted octanol–water partition coefficient (Wildman–Crippen LogP) is 0.0794. The molecule has 0 radical (unpaired) electrons. The minimum absolute atomic E-state index is 0.00444. The monoisotopic (exact) mass is 240 g/mol. The van der Waals surface area contributed by atoms with Crippen LogP contribution in [0, 0.1) is 0 Å². The number of para-hydroxylation sites is 1. The average molecular weight is 240 g/mol. The molecule has 0 amide bonds. The minimum atomic E-state index is -1.60. The van der Waals surface area contributed by atoms with Crippen LogP contribution in [0.25, 0.3) is 0 Å². The maximum absolute atomic E-state index is 11.5. The van der Waals surface area contributed by atoms with Gasteiger partial charge in [0.2, 0.25) is 6.29 Å². The van der Waals surface area contributed by atoms with Gasteiger partial charge in [-0.3, -0.25) is 4.79 Å². The number of hydrogen-bond donors (Lipinski definition) is 2. The molecular formula is C11H12O6. The lowest BCUT2D eigenvalue weighted by molar-refractivity contribution is -0.131. The van der Waals surface area contributed by atoms with Gasteiger partial charge in [0.1, 0.15) is 17.9 Å². The number of carbonyl (C=O) groups excluding carboxylic acids is 2. The Hall–Kier alpha value is -1.92. The predicted molar refractivity (Wildman–Crippen MR) is 56.3 cm³/mol. The molecule has 0 saturated carbocycles. The molecule has 2 N–H and O–H groups in total. The van der Waals surface area contributed by atoms with E-state index in [9.17, 15) is 9.59 Å². The molecule has 1 aromatic rings. The summed E-state index contributed by atoms with van der Waals surface area (Å²) in [5.41, 5.74) is -0.00444.